The molecule has 1 aromatic heterocycles. The maximum atomic E-state index is 8.94. The molecule has 2 aromatic rings. The van der Waals surface area contributed by atoms with E-state index >= 15 is 0 Å². The standard InChI is InChI=1S/C16H17N3/c1-13(2)19(12-14-7-4-3-5-8-14)16-10-6-9-15(11-17)18-16/h3-10,13H,12H2,1-2H3. The highest BCUT2D eigenvalue weighted by Gasteiger charge is 2.12. The smallest absolute Gasteiger partial charge is 0.142 e. The largest absolute Gasteiger partial charge is 0.350 e. The lowest BCUT2D eigenvalue weighted by atomic mass is 10.2. The Labute approximate surface area is 114 Å². The molecule has 19 heavy (non-hydrogen) atoms. The summed E-state index contributed by atoms with van der Waals surface area (Å²) in [5.74, 6) is 0.845. The minimum Gasteiger partial charge on any atom is -0.350 e. The van der Waals surface area contributed by atoms with Crippen LogP contribution in [0.4, 0.5) is 5.82 Å². The molecule has 0 bridgehead atoms. The molecule has 1 aromatic carbocycles. The maximum absolute atomic E-state index is 8.94. The molecule has 0 fully saturated rings. The SMILES string of the molecule is CC(C)N(Cc1ccccc1)c1cccc(C#N)n1. The lowest BCUT2D eigenvalue weighted by Gasteiger charge is -2.28. The van der Waals surface area contributed by atoms with Gasteiger partial charge in [0.2, 0.25) is 0 Å². The second-order valence-corrected chi connectivity index (χ2v) is 4.70. The molecule has 1 heterocycles. The van der Waals surface area contributed by atoms with Crippen molar-refractivity contribution < 1.29 is 0 Å². The number of hydrogen-bond donors (Lipinski definition) is 0. The fourth-order valence-corrected chi connectivity index (χ4v) is 1.95. The Balaban J connectivity index is 2.28. The summed E-state index contributed by atoms with van der Waals surface area (Å²) in [5, 5.41) is 8.94. The van der Waals surface area contributed by atoms with Crippen LogP contribution in [0, 0.1) is 11.3 Å². The van der Waals surface area contributed by atoms with E-state index < -0.39 is 0 Å². The number of aromatic nitrogens is 1. The van der Waals surface area contributed by atoms with Gasteiger partial charge in [-0.15, -0.1) is 0 Å². The molecule has 0 saturated carbocycles. The van der Waals surface area contributed by atoms with Crippen LogP contribution in [0.3, 0.4) is 0 Å². The highest BCUT2D eigenvalue weighted by atomic mass is 15.2. The van der Waals surface area contributed by atoms with E-state index in [4.69, 9.17) is 5.26 Å². The summed E-state index contributed by atoms with van der Waals surface area (Å²) in [6.45, 7) is 5.05. The lowest BCUT2D eigenvalue weighted by molar-refractivity contribution is 0.672. The molecular weight excluding hydrogens is 234 g/mol. The third-order valence-electron chi connectivity index (χ3n) is 2.96. The number of hydrogen-bond acceptors (Lipinski definition) is 3. The Morgan fingerprint density at radius 1 is 1.11 bits per heavy atom. The molecule has 0 radical (unpaired) electrons. The normalized spacial score (nSPS) is 10.2. The molecule has 0 saturated heterocycles. The predicted molar refractivity (Wildman–Crippen MR) is 76.7 cm³/mol. The highest BCUT2D eigenvalue weighted by Crippen LogP contribution is 2.18. The molecule has 2 rings (SSSR count). The fraction of sp³-hybridized carbons (Fsp3) is 0.250. The number of pyridine rings is 1. The lowest BCUT2D eigenvalue weighted by Crippen LogP contribution is -2.31. The second kappa shape index (κ2) is 6.01. The second-order valence-electron chi connectivity index (χ2n) is 4.70. The van der Waals surface area contributed by atoms with Gasteiger partial charge in [-0.2, -0.15) is 5.26 Å². The molecule has 0 spiro atoms. The molecule has 96 valence electrons. The average molecular weight is 251 g/mol. The Hall–Kier alpha value is -2.34. The van der Waals surface area contributed by atoms with E-state index in [1.807, 2.05) is 30.3 Å². The zero-order valence-corrected chi connectivity index (χ0v) is 11.2. The van der Waals surface area contributed by atoms with Crippen LogP contribution in [0.2, 0.25) is 0 Å². The molecule has 0 aliphatic heterocycles. The van der Waals surface area contributed by atoms with Gasteiger partial charge < -0.3 is 4.90 Å². The van der Waals surface area contributed by atoms with Crippen molar-refractivity contribution in [1.82, 2.24) is 4.98 Å². The highest BCUT2D eigenvalue weighted by molar-refractivity contribution is 5.43. The van der Waals surface area contributed by atoms with Crippen molar-refractivity contribution in [2.45, 2.75) is 26.4 Å². The van der Waals surface area contributed by atoms with Gasteiger partial charge in [0.05, 0.1) is 0 Å². The number of benzene rings is 1. The Morgan fingerprint density at radius 2 is 1.84 bits per heavy atom. The van der Waals surface area contributed by atoms with Crippen molar-refractivity contribution in [2.75, 3.05) is 4.90 Å². The van der Waals surface area contributed by atoms with Gasteiger partial charge in [-0.3, -0.25) is 0 Å². The molecular formula is C16H17N3. The van der Waals surface area contributed by atoms with Crippen molar-refractivity contribution in [3.8, 4) is 6.07 Å². The molecule has 0 aliphatic rings. The molecule has 0 amide bonds. The zero-order valence-electron chi connectivity index (χ0n) is 11.2. The van der Waals surface area contributed by atoms with E-state index in [0.29, 0.717) is 11.7 Å². The quantitative estimate of drug-likeness (QED) is 0.836. The monoisotopic (exact) mass is 251 g/mol. The molecule has 3 nitrogen and oxygen atoms in total. The molecule has 3 heteroatoms. The van der Waals surface area contributed by atoms with Crippen LogP contribution in [-0.2, 0) is 6.54 Å². The Morgan fingerprint density at radius 3 is 2.47 bits per heavy atom. The number of anilines is 1. The van der Waals surface area contributed by atoms with Crippen LogP contribution < -0.4 is 4.90 Å². The van der Waals surface area contributed by atoms with Crippen molar-refractivity contribution in [1.29, 1.82) is 5.26 Å². The van der Waals surface area contributed by atoms with E-state index in [1.54, 1.807) is 6.07 Å². The maximum Gasteiger partial charge on any atom is 0.142 e. The summed E-state index contributed by atoms with van der Waals surface area (Å²) in [5.41, 5.74) is 1.69. The molecule has 0 aliphatic carbocycles. The topological polar surface area (TPSA) is 39.9 Å². The van der Waals surface area contributed by atoms with Gasteiger partial charge in [-0.1, -0.05) is 36.4 Å². The van der Waals surface area contributed by atoms with Crippen LogP contribution in [0.5, 0.6) is 0 Å². The van der Waals surface area contributed by atoms with Crippen molar-refractivity contribution >= 4 is 5.82 Å². The first kappa shape index (κ1) is 13.1. The summed E-state index contributed by atoms with van der Waals surface area (Å²) >= 11 is 0. The average Bonchev–Trinajstić information content (AvgIpc) is 2.45. The van der Waals surface area contributed by atoms with Crippen molar-refractivity contribution in [3.05, 3.63) is 59.8 Å². The van der Waals surface area contributed by atoms with Crippen molar-refractivity contribution in [3.63, 3.8) is 0 Å². The van der Waals surface area contributed by atoms with Crippen LogP contribution in [0.25, 0.3) is 0 Å². The van der Waals surface area contributed by atoms with Crippen LogP contribution in [-0.4, -0.2) is 11.0 Å². The van der Waals surface area contributed by atoms with E-state index in [1.165, 1.54) is 5.56 Å². The summed E-state index contributed by atoms with van der Waals surface area (Å²) in [6, 6.07) is 18.2. The van der Waals surface area contributed by atoms with Crippen LogP contribution in [0.15, 0.2) is 48.5 Å². The van der Waals surface area contributed by atoms with Gasteiger partial charge in [-0.25, -0.2) is 4.98 Å². The first-order valence-electron chi connectivity index (χ1n) is 6.38. The zero-order chi connectivity index (χ0) is 13.7. The van der Waals surface area contributed by atoms with Crippen LogP contribution in [0.1, 0.15) is 25.1 Å². The fourth-order valence-electron chi connectivity index (χ4n) is 1.95. The van der Waals surface area contributed by atoms with E-state index in [-0.39, 0.29) is 0 Å². The first-order valence-corrected chi connectivity index (χ1v) is 6.38. The first-order chi connectivity index (χ1) is 9.20. The van der Waals surface area contributed by atoms with E-state index in [2.05, 4.69) is 41.9 Å². The summed E-state index contributed by atoms with van der Waals surface area (Å²) in [7, 11) is 0. The van der Waals surface area contributed by atoms with Gasteiger partial charge >= 0.3 is 0 Å². The molecule has 0 N–H and O–H groups in total. The summed E-state index contributed by atoms with van der Waals surface area (Å²) < 4.78 is 0. The van der Waals surface area contributed by atoms with Gasteiger partial charge in [0.15, 0.2) is 0 Å². The van der Waals surface area contributed by atoms with Gasteiger partial charge in [-0.05, 0) is 31.5 Å². The Kier molecular flexibility index (Phi) is 4.15. The minimum absolute atomic E-state index is 0.321. The summed E-state index contributed by atoms with van der Waals surface area (Å²) in [6.07, 6.45) is 0. The number of nitrogens with zero attached hydrogens (tertiary/aromatic N) is 3. The molecule has 0 unspecified atom stereocenters. The van der Waals surface area contributed by atoms with Gasteiger partial charge in [0.25, 0.3) is 0 Å². The van der Waals surface area contributed by atoms with Crippen LogP contribution >= 0.6 is 0 Å². The van der Waals surface area contributed by atoms with E-state index in [9.17, 15) is 0 Å². The van der Waals surface area contributed by atoms with E-state index in [0.717, 1.165) is 12.4 Å². The summed E-state index contributed by atoms with van der Waals surface area (Å²) in [4.78, 5) is 6.56. The number of rotatable bonds is 4. The van der Waals surface area contributed by atoms with Crippen molar-refractivity contribution in [2.24, 2.45) is 0 Å². The Bertz CT molecular complexity index is 570. The van der Waals surface area contributed by atoms with Gasteiger partial charge in [0, 0.05) is 12.6 Å². The van der Waals surface area contributed by atoms with Gasteiger partial charge in [0.1, 0.15) is 17.6 Å². The third kappa shape index (κ3) is 3.32. The number of nitriles is 1. The molecule has 0 atom stereocenters. The third-order valence-corrected chi connectivity index (χ3v) is 2.96. The predicted octanol–water partition coefficient (Wildman–Crippen LogP) is 3.37. The minimum atomic E-state index is 0.321.